The monoisotopic (exact) mass is 269 g/mol. The molecule has 3 rings (SSSR count). The van der Waals surface area contributed by atoms with E-state index >= 15 is 0 Å². The number of Topliss-reactive ketones (excluding diaryl/α,β-unsaturated/α-hetero) is 1. The van der Waals surface area contributed by atoms with Crippen LogP contribution in [-0.2, 0) is 0 Å². The number of fused-ring (bicyclic) bond motifs is 1. The van der Waals surface area contributed by atoms with Gasteiger partial charge in [-0.25, -0.2) is 0 Å². The van der Waals surface area contributed by atoms with Crippen molar-refractivity contribution in [2.45, 2.75) is 12.8 Å². The molecule has 104 valence electrons. The van der Waals surface area contributed by atoms with Gasteiger partial charge in [0, 0.05) is 10.9 Å². The van der Waals surface area contributed by atoms with Gasteiger partial charge in [-0.3, -0.25) is 9.69 Å². The molecule has 0 N–H and O–H groups in total. The molecule has 20 heavy (non-hydrogen) atoms. The first kappa shape index (κ1) is 13.1. The molecule has 0 amide bonds. The second-order valence-electron chi connectivity index (χ2n) is 5.27. The molecular formula is C17H19NO2. The summed E-state index contributed by atoms with van der Waals surface area (Å²) in [5.74, 6) is 1.02. The lowest BCUT2D eigenvalue weighted by atomic mass is 10.0. The third-order valence-electron chi connectivity index (χ3n) is 3.97. The van der Waals surface area contributed by atoms with E-state index in [4.69, 9.17) is 4.74 Å². The van der Waals surface area contributed by atoms with E-state index in [1.54, 1.807) is 7.11 Å². The molecule has 1 aliphatic rings. The summed E-state index contributed by atoms with van der Waals surface area (Å²) in [6.07, 6.45) is 2.41. The molecule has 2 aromatic rings. The molecule has 1 fully saturated rings. The third kappa shape index (κ3) is 2.41. The van der Waals surface area contributed by atoms with Crippen molar-refractivity contribution in [3.8, 4) is 5.75 Å². The lowest BCUT2D eigenvalue weighted by molar-refractivity contribution is 0.0947. The van der Waals surface area contributed by atoms with Crippen LogP contribution >= 0.6 is 0 Å². The zero-order valence-corrected chi connectivity index (χ0v) is 11.8. The Morgan fingerprint density at radius 2 is 1.80 bits per heavy atom. The number of rotatable bonds is 4. The van der Waals surface area contributed by atoms with E-state index in [1.807, 2.05) is 36.4 Å². The number of methoxy groups -OCH3 is 1. The highest BCUT2D eigenvalue weighted by molar-refractivity contribution is 6.10. The second-order valence-corrected chi connectivity index (χ2v) is 5.27. The standard InChI is InChI=1S/C17H19NO2/c1-20-17-9-8-14(13-6-2-3-7-15(13)17)16(19)12-18-10-4-5-11-18/h2-3,6-9H,4-5,10-12H2,1H3. The maximum atomic E-state index is 12.5. The van der Waals surface area contributed by atoms with Crippen molar-refractivity contribution >= 4 is 16.6 Å². The maximum Gasteiger partial charge on any atom is 0.177 e. The number of hydrogen-bond acceptors (Lipinski definition) is 3. The van der Waals surface area contributed by atoms with E-state index in [1.165, 1.54) is 12.8 Å². The van der Waals surface area contributed by atoms with Crippen LogP contribution in [-0.4, -0.2) is 37.4 Å². The van der Waals surface area contributed by atoms with Gasteiger partial charge < -0.3 is 4.74 Å². The zero-order valence-electron chi connectivity index (χ0n) is 11.8. The van der Waals surface area contributed by atoms with Crippen molar-refractivity contribution in [1.29, 1.82) is 0 Å². The van der Waals surface area contributed by atoms with Crippen LogP contribution in [0.15, 0.2) is 36.4 Å². The number of nitrogens with zero attached hydrogens (tertiary/aromatic N) is 1. The number of carbonyl (C=O) groups excluding carboxylic acids is 1. The van der Waals surface area contributed by atoms with Gasteiger partial charge in [-0.15, -0.1) is 0 Å². The lowest BCUT2D eigenvalue weighted by Gasteiger charge is -2.15. The summed E-state index contributed by atoms with van der Waals surface area (Å²) in [6, 6.07) is 11.7. The third-order valence-corrected chi connectivity index (χ3v) is 3.97. The highest BCUT2D eigenvalue weighted by Gasteiger charge is 2.18. The Balaban J connectivity index is 1.96. The van der Waals surface area contributed by atoms with Crippen LogP contribution in [0, 0.1) is 0 Å². The average Bonchev–Trinajstić information content (AvgIpc) is 2.99. The molecule has 3 nitrogen and oxygen atoms in total. The minimum atomic E-state index is 0.200. The summed E-state index contributed by atoms with van der Waals surface area (Å²) >= 11 is 0. The molecule has 0 spiro atoms. The number of hydrogen-bond donors (Lipinski definition) is 0. The summed E-state index contributed by atoms with van der Waals surface area (Å²) in [7, 11) is 1.66. The molecule has 0 aromatic heterocycles. The van der Waals surface area contributed by atoms with E-state index in [0.717, 1.165) is 35.2 Å². The SMILES string of the molecule is COc1ccc(C(=O)CN2CCCC2)c2ccccc12. The predicted molar refractivity (Wildman–Crippen MR) is 80.5 cm³/mol. The first-order valence-corrected chi connectivity index (χ1v) is 7.11. The van der Waals surface area contributed by atoms with Gasteiger partial charge in [-0.05, 0) is 43.5 Å². The maximum absolute atomic E-state index is 12.5. The molecule has 0 saturated carbocycles. The van der Waals surface area contributed by atoms with E-state index in [2.05, 4.69) is 4.90 Å². The van der Waals surface area contributed by atoms with Crippen molar-refractivity contribution < 1.29 is 9.53 Å². The molecular weight excluding hydrogens is 250 g/mol. The molecule has 0 aliphatic carbocycles. The van der Waals surface area contributed by atoms with Crippen LogP contribution in [0.3, 0.4) is 0 Å². The van der Waals surface area contributed by atoms with Gasteiger partial charge >= 0.3 is 0 Å². The smallest absolute Gasteiger partial charge is 0.177 e. The first-order chi connectivity index (χ1) is 9.79. The topological polar surface area (TPSA) is 29.5 Å². The molecule has 3 heteroatoms. The Morgan fingerprint density at radius 3 is 2.50 bits per heavy atom. The fourth-order valence-corrected chi connectivity index (χ4v) is 2.92. The van der Waals surface area contributed by atoms with Crippen LogP contribution in [0.1, 0.15) is 23.2 Å². The predicted octanol–water partition coefficient (Wildman–Crippen LogP) is 3.13. The van der Waals surface area contributed by atoms with E-state index < -0.39 is 0 Å². The quantitative estimate of drug-likeness (QED) is 0.799. The number of ether oxygens (including phenoxy) is 1. The summed E-state index contributed by atoms with van der Waals surface area (Å²) in [6.45, 7) is 2.61. The number of likely N-dealkylation sites (tertiary alicyclic amines) is 1. The molecule has 1 aliphatic heterocycles. The van der Waals surface area contributed by atoms with E-state index in [0.29, 0.717) is 6.54 Å². The van der Waals surface area contributed by atoms with Crippen molar-refractivity contribution in [2.75, 3.05) is 26.7 Å². The fourth-order valence-electron chi connectivity index (χ4n) is 2.92. The highest BCUT2D eigenvalue weighted by atomic mass is 16.5. The van der Waals surface area contributed by atoms with Gasteiger partial charge in [0.25, 0.3) is 0 Å². The van der Waals surface area contributed by atoms with Gasteiger partial charge in [0.15, 0.2) is 5.78 Å². The second kappa shape index (κ2) is 5.63. The summed E-state index contributed by atoms with van der Waals surface area (Å²) in [5.41, 5.74) is 0.799. The van der Waals surface area contributed by atoms with Gasteiger partial charge in [0.05, 0.1) is 13.7 Å². The Bertz CT molecular complexity index is 630. The number of benzene rings is 2. The van der Waals surface area contributed by atoms with E-state index in [9.17, 15) is 4.79 Å². The molecule has 0 unspecified atom stereocenters. The van der Waals surface area contributed by atoms with Crippen LogP contribution in [0.4, 0.5) is 0 Å². The van der Waals surface area contributed by atoms with Gasteiger partial charge in [-0.1, -0.05) is 24.3 Å². The van der Waals surface area contributed by atoms with E-state index in [-0.39, 0.29) is 5.78 Å². The Morgan fingerprint density at radius 1 is 1.10 bits per heavy atom. The van der Waals surface area contributed by atoms with Gasteiger partial charge in [0.2, 0.25) is 0 Å². The Kier molecular flexibility index (Phi) is 3.70. The van der Waals surface area contributed by atoms with Crippen molar-refractivity contribution in [2.24, 2.45) is 0 Å². The molecule has 0 radical (unpaired) electrons. The normalized spacial score (nSPS) is 15.7. The van der Waals surface area contributed by atoms with Crippen LogP contribution in [0.5, 0.6) is 5.75 Å². The highest BCUT2D eigenvalue weighted by Crippen LogP contribution is 2.28. The minimum absolute atomic E-state index is 0.200. The summed E-state index contributed by atoms with van der Waals surface area (Å²) in [5, 5.41) is 1.98. The number of carbonyl (C=O) groups is 1. The zero-order chi connectivity index (χ0) is 13.9. The average molecular weight is 269 g/mol. The molecule has 0 bridgehead atoms. The van der Waals surface area contributed by atoms with Crippen LogP contribution < -0.4 is 4.74 Å². The first-order valence-electron chi connectivity index (χ1n) is 7.11. The lowest BCUT2D eigenvalue weighted by Crippen LogP contribution is -2.26. The fraction of sp³-hybridized carbons (Fsp3) is 0.353. The summed E-state index contributed by atoms with van der Waals surface area (Å²) in [4.78, 5) is 14.8. The Hall–Kier alpha value is -1.87. The van der Waals surface area contributed by atoms with Crippen LogP contribution in [0.25, 0.3) is 10.8 Å². The molecule has 0 atom stereocenters. The summed E-state index contributed by atoms with van der Waals surface area (Å²) < 4.78 is 5.37. The Labute approximate surface area is 119 Å². The largest absolute Gasteiger partial charge is 0.496 e. The van der Waals surface area contributed by atoms with Crippen LogP contribution in [0.2, 0.25) is 0 Å². The van der Waals surface area contributed by atoms with Gasteiger partial charge in [-0.2, -0.15) is 0 Å². The molecule has 1 saturated heterocycles. The number of ketones is 1. The van der Waals surface area contributed by atoms with Crippen molar-refractivity contribution in [1.82, 2.24) is 4.90 Å². The van der Waals surface area contributed by atoms with Gasteiger partial charge in [0.1, 0.15) is 5.75 Å². The minimum Gasteiger partial charge on any atom is -0.496 e. The van der Waals surface area contributed by atoms with Crippen molar-refractivity contribution in [3.05, 3.63) is 42.0 Å². The molecule has 2 aromatic carbocycles. The van der Waals surface area contributed by atoms with Crippen molar-refractivity contribution in [3.63, 3.8) is 0 Å². The molecule has 1 heterocycles.